The van der Waals surface area contributed by atoms with Crippen molar-refractivity contribution in [3.05, 3.63) is 21.4 Å². The molecule has 0 aromatic carbocycles. The molecule has 1 aromatic heterocycles. The van der Waals surface area contributed by atoms with Gasteiger partial charge < -0.3 is 10.6 Å². The number of nitrogens with zero attached hydrogens (tertiary/aromatic N) is 1. The van der Waals surface area contributed by atoms with Crippen molar-refractivity contribution in [2.75, 3.05) is 13.1 Å². The van der Waals surface area contributed by atoms with Crippen molar-refractivity contribution in [2.45, 2.75) is 38.6 Å². The average molecular weight is 301 g/mol. The molecule has 1 saturated heterocycles. The smallest absolute Gasteiger partial charge is 0.264 e. The summed E-state index contributed by atoms with van der Waals surface area (Å²) in [6.07, 6.45) is 4.62. The molecule has 1 aromatic rings. The molecule has 0 saturated carbocycles. The lowest BCUT2D eigenvalue weighted by Crippen LogP contribution is -2.33. The maximum atomic E-state index is 12.5. The maximum Gasteiger partial charge on any atom is 0.264 e. The van der Waals surface area contributed by atoms with Crippen molar-refractivity contribution in [2.24, 2.45) is 11.7 Å². The number of fused-ring (bicyclic) bond motifs is 1. The molecule has 0 radical (unpaired) electrons. The van der Waals surface area contributed by atoms with Crippen LogP contribution in [0.25, 0.3) is 0 Å². The van der Waals surface area contributed by atoms with E-state index in [1.165, 1.54) is 16.9 Å². The molecule has 1 amide bonds. The minimum Gasteiger partial charge on any atom is -0.335 e. The van der Waals surface area contributed by atoms with Gasteiger partial charge in [-0.15, -0.1) is 23.7 Å². The molecule has 106 valence electrons. The van der Waals surface area contributed by atoms with Crippen LogP contribution in [0.5, 0.6) is 0 Å². The molecule has 3 nitrogen and oxygen atoms in total. The summed E-state index contributed by atoms with van der Waals surface area (Å²) in [7, 11) is 0. The zero-order valence-corrected chi connectivity index (χ0v) is 12.9. The van der Waals surface area contributed by atoms with E-state index < -0.39 is 0 Å². The van der Waals surface area contributed by atoms with Gasteiger partial charge in [0.2, 0.25) is 0 Å². The van der Waals surface area contributed by atoms with E-state index in [9.17, 15) is 4.79 Å². The number of amides is 1. The Balaban J connectivity index is 0.00000133. The predicted molar refractivity (Wildman–Crippen MR) is 81.3 cm³/mol. The summed E-state index contributed by atoms with van der Waals surface area (Å²) in [5.41, 5.74) is 7.13. The van der Waals surface area contributed by atoms with E-state index >= 15 is 0 Å². The van der Waals surface area contributed by atoms with Crippen LogP contribution in [0.15, 0.2) is 6.07 Å². The van der Waals surface area contributed by atoms with Gasteiger partial charge in [0.05, 0.1) is 4.88 Å². The lowest BCUT2D eigenvalue weighted by Gasteiger charge is -2.20. The van der Waals surface area contributed by atoms with Gasteiger partial charge in [0.25, 0.3) is 5.91 Å². The molecule has 1 aliphatic heterocycles. The van der Waals surface area contributed by atoms with Crippen molar-refractivity contribution in [3.8, 4) is 0 Å². The maximum absolute atomic E-state index is 12.5. The van der Waals surface area contributed by atoms with Crippen molar-refractivity contribution < 1.29 is 4.79 Å². The minimum atomic E-state index is 0. The summed E-state index contributed by atoms with van der Waals surface area (Å²) in [5, 5.41) is 0. The Bertz CT molecular complexity index is 453. The molecule has 5 heteroatoms. The zero-order chi connectivity index (χ0) is 12.7. The highest BCUT2D eigenvalue weighted by atomic mass is 35.5. The molecule has 0 bridgehead atoms. The fourth-order valence-electron chi connectivity index (χ4n) is 3.17. The molecule has 2 atom stereocenters. The Morgan fingerprint density at radius 1 is 1.53 bits per heavy atom. The van der Waals surface area contributed by atoms with Gasteiger partial charge in [0, 0.05) is 17.5 Å². The van der Waals surface area contributed by atoms with Crippen LogP contribution in [0.1, 0.15) is 39.9 Å². The summed E-state index contributed by atoms with van der Waals surface area (Å²) in [5.74, 6) is 0.702. The molecule has 1 aliphatic carbocycles. The van der Waals surface area contributed by atoms with Gasteiger partial charge in [-0.2, -0.15) is 0 Å². The summed E-state index contributed by atoms with van der Waals surface area (Å²) < 4.78 is 0. The second-order valence-corrected chi connectivity index (χ2v) is 6.69. The van der Waals surface area contributed by atoms with E-state index in [2.05, 4.69) is 13.0 Å². The van der Waals surface area contributed by atoms with Gasteiger partial charge in [0.1, 0.15) is 0 Å². The number of carbonyl (C=O) groups excluding carboxylic acids is 1. The summed E-state index contributed by atoms with van der Waals surface area (Å²) in [6.45, 7) is 3.66. The first-order valence-electron chi connectivity index (χ1n) is 6.81. The summed E-state index contributed by atoms with van der Waals surface area (Å²) >= 11 is 1.71. The van der Waals surface area contributed by atoms with Gasteiger partial charge in [-0.05, 0) is 56.7 Å². The second-order valence-electron chi connectivity index (χ2n) is 5.56. The molecule has 2 unspecified atom stereocenters. The molecule has 2 aliphatic rings. The van der Waals surface area contributed by atoms with E-state index in [-0.39, 0.29) is 18.3 Å². The van der Waals surface area contributed by atoms with E-state index in [0.29, 0.717) is 18.5 Å². The van der Waals surface area contributed by atoms with E-state index in [0.717, 1.165) is 30.7 Å². The molecule has 2 N–H and O–H groups in total. The number of hydrogen-bond acceptors (Lipinski definition) is 3. The van der Waals surface area contributed by atoms with Crippen LogP contribution in [0, 0.1) is 5.92 Å². The number of aryl methyl sites for hydroxylation is 2. The fourth-order valence-corrected chi connectivity index (χ4v) is 4.38. The first-order chi connectivity index (χ1) is 8.69. The normalized spacial score (nSPS) is 25.3. The largest absolute Gasteiger partial charge is 0.335 e. The van der Waals surface area contributed by atoms with Crippen molar-refractivity contribution in [1.29, 1.82) is 0 Å². The van der Waals surface area contributed by atoms with Gasteiger partial charge in [-0.3, -0.25) is 4.79 Å². The highest BCUT2D eigenvalue weighted by Crippen LogP contribution is 2.33. The zero-order valence-electron chi connectivity index (χ0n) is 11.2. The van der Waals surface area contributed by atoms with Gasteiger partial charge >= 0.3 is 0 Å². The lowest BCUT2D eigenvalue weighted by atomic mass is 10.1. The van der Waals surface area contributed by atoms with Crippen LogP contribution < -0.4 is 5.73 Å². The number of thiophene rings is 1. The highest BCUT2D eigenvalue weighted by Gasteiger charge is 2.33. The van der Waals surface area contributed by atoms with E-state index in [1.54, 1.807) is 11.3 Å². The number of hydrogen-bond donors (Lipinski definition) is 1. The SMILES string of the molecule is CC1CC(CN)CN1C(=O)c1cc2c(s1)CCC2.Cl. The molecule has 0 spiro atoms. The van der Waals surface area contributed by atoms with Crippen LogP contribution in [0.3, 0.4) is 0 Å². The number of carbonyl (C=O) groups is 1. The number of halogens is 1. The molecule has 3 rings (SSSR count). The Morgan fingerprint density at radius 2 is 2.32 bits per heavy atom. The molecule has 2 heterocycles. The first-order valence-corrected chi connectivity index (χ1v) is 7.63. The summed E-state index contributed by atoms with van der Waals surface area (Å²) in [4.78, 5) is 16.9. The van der Waals surface area contributed by atoms with Gasteiger partial charge in [0.15, 0.2) is 0 Å². The van der Waals surface area contributed by atoms with Crippen molar-refractivity contribution >= 4 is 29.7 Å². The third kappa shape index (κ3) is 2.67. The third-order valence-electron chi connectivity index (χ3n) is 4.21. The molecular formula is C14H21ClN2OS. The van der Waals surface area contributed by atoms with Crippen LogP contribution in [-0.4, -0.2) is 29.9 Å². The van der Waals surface area contributed by atoms with E-state index in [1.807, 2.05) is 4.90 Å². The Kier molecular flexibility index (Phi) is 4.54. The van der Waals surface area contributed by atoms with Gasteiger partial charge in [-0.1, -0.05) is 0 Å². The van der Waals surface area contributed by atoms with Gasteiger partial charge in [-0.25, -0.2) is 0 Å². The van der Waals surface area contributed by atoms with Crippen molar-refractivity contribution in [3.63, 3.8) is 0 Å². The quantitative estimate of drug-likeness (QED) is 0.912. The lowest BCUT2D eigenvalue weighted by molar-refractivity contribution is 0.0748. The third-order valence-corrected chi connectivity index (χ3v) is 5.44. The monoisotopic (exact) mass is 300 g/mol. The van der Waals surface area contributed by atoms with E-state index in [4.69, 9.17) is 5.73 Å². The van der Waals surface area contributed by atoms with Crippen LogP contribution in [-0.2, 0) is 12.8 Å². The highest BCUT2D eigenvalue weighted by molar-refractivity contribution is 7.14. The molecular weight excluding hydrogens is 280 g/mol. The Hall–Kier alpha value is -0.580. The molecule has 1 fully saturated rings. The number of likely N-dealkylation sites (tertiary alicyclic amines) is 1. The molecule has 19 heavy (non-hydrogen) atoms. The average Bonchev–Trinajstić information content (AvgIpc) is 3.00. The fraction of sp³-hybridized carbons (Fsp3) is 0.643. The topological polar surface area (TPSA) is 46.3 Å². The van der Waals surface area contributed by atoms with Crippen molar-refractivity contribution in [1.82, 2.24) is 4.90 Å². The second kappa shape index (κ2) is 5.81. The summed E-state index contributed by atoms with van der Waals surface area (Å²) in [6, 6.07) is 2.46. The van der Waals surface area contributed by atoms with Crippen LogP contribution >= 0.6 is 23.7 Å². The predicted octanol–water partition coefficient (Wildman–Crippen LogP) is 2.47. The first kappa shape index (κ1) is 14.8. The standard InChI is InChI=1S/C14H20N2OS.ClH/c1-9-5-10(7-15)8-16(9)14(17)13-6-11-3-2-4-12(11)18-13;/h6,9-10H,2-5,7-8,15H2,1H3;1H. The Morgan fingerprint density at radius 3 is 2.95 bits per heavy atom. The van der Waals surface area contributed by atoms with Crippen LogP contribution in [0.4, 0.5) is 0 Å². The minimum absolute atomic E-state index is 0. The number of rotatable bonds is 2. The number of nitrogens with two attached hydrogens (primary N) is 1. The van der Waals surface area contributed by atoms with Crippen LogP contribution in [0.2, 0.25) is 0 Å². The Labute approximate surface area is 124 Å².